The van der Waals surface area contributed by atoms with Gasteiger partial charge in [0.1, 0.15) is 0 Å². The molecule has 0 unspecified atom stereocenters. The van der Waals surface area contributed by atoms with Gasteiger partial charge in [-0.3, -0.25) is 0 Å². The van der Waals surface area contributed by atoms with Gasteiger partial charge in [-0.2, -0.15) is 0 Å². The van der Waals surface area contributed by atoms with Crippen molar-refractivity contribution < 1.29 is 4.42 Å². The molecule has 8 aromatic rings. The van der Waals surface area contributed by atoms with Crippen LogP contribution in [0.5, 0.6) is 0 Å². The molecule has 0 saturated carbocycles. The summed E-state index contributed by atoms with van der Waals surface area (Å²) < 4.78 is 5.82. The summed E-state index contributed by atoms with van der Waals surface area (Å²) in [6.45, 7) is 0. The largest absolute Gasteiger partial charge is 0.446 e. The van der Waals surface area contributed by atoms with Crippen LogP contribution in [0.2, 0.25) is 0 Å². The van der Waals surface area contributed by atoms with Crippen LogP contribution < -0.4 is 0 Å². The molecule has 6 aromatic carbocycles. The fraction of sp³-hybridized carbons (Fsp3) is 0. The minimum atomic E-state index is 0.557. The summed E-state index contributed by atoms with van der Waals surface area (Å²) in [5.41, 5.74) is 10.2. The molecule has 0 aliphatic heterocycles. The predicted octanol–water partition coefficient (Wildman–Crippen LogP) is 11.7. The first-order chi connectivity index (χ1) is 24.3. The molecule has 0 bridgehead atoms. The first kappa shape index (κ1) is 29.7. The fourth-order valence-corrected chi connectivity index (χ4v) is 5.94. The second-order valence-corrected chi connectivity index (χ2v) is 11.7. The van der Waals surface area contributed by atoms with Crippen molar-refractivity contribution in [2.24, 2.45) is 0 Å². The van der Waals surface area contributed by atoms with E-state index in [-0.39, 0.29) is 0 Å². The number of aromatic nitrogens is 3. The van der Waals surface area contributed by atoms with Gasteiger partial charge in [0.2, 0.25) is 5.89 Å². The zero-order valence-electron chi connectivity index (χ0n) is 26.6. The second-order valence-electron chi connectivity index (χ2n) is 11.7. The summed E-state index contributed by atoms with van der Waals surface area (Å²) in [4.78, 5) is 14.7. The molecule has 0 aliphatic rings. The lowest BCUT2D eigenvalue weighted by Gasteiger charge is -2.11. The van der Waals surface area contributed by atoms with E-state index in [2.05, 4.69) is 108 Å². The minimum Gasteiger partial charge on any atom is -0.446 e. The average molecular weight is 630 g/mol. The Hall–Kier alpha value is -6.65. The summed E-state index contributed by atoms with van der Waals surface area (Å²) in [6.07, 6.45) is 3.46. The lowest BCUT2D eigenvalue weighted by atomic mass is 9.99. The van der Waals surface area contributed by atoms with Gasteiger partial charge >= 0.3 is 0 Å². The normalized spacial score (nSPS) is 10.9. The van der Waals surface area contributed by atoms with E-state index < -0.39 is 0 Å². The predicted molar refractivity (Wildman–Crippen MR) is 200 cm³/mol. The van der Waals surface area contributed by atoms with Crippen LogP contribution >= 0.6 is 0 Å². The van der Waals surface area contributed by atoms with E-state index in [1.807, 2.05) is 72.8 Å². The summed E-state index contributed by atoms with van der Waals surface area (Å²) in [6, 6.07) is 60.1. The Morgan fingerprint density at radius 3 is 1.53 bits per heavy atom. The van der Waals surface area contributed by atoms with Crippen molar-refractivity contribution in [3.05, 3.63) is 188 Å². The maximum atomic E-state index is 5.82. The zero-order chi connectivity index (χ0) is 32.8. The lowest BCUT2D eigenvalue weighted by Crippen LogP contribution is -1.96. The van der Waals surface area contributed by atoms with Crippen molar-refractivity contribution in [1.82, 2.24) is 15.0 Å². The van der Waals surface area contributed by atoms with Gasteiger partial charge in [0, 0.05) is 28.5 Å². The van der Waals surface area contributed by atoms with Crippen LogP contribution in [0.1, 0.15) is 0 Å². The molecule has 0 fully saturated rings. The fourth-order valence-electron chi connectivity index (χ4n) is 5.94. The van der Waals surface area contributed by atoms with Crippen molar-refractivity contribution in [2.45, 2.75) is 0 Å². The maximum Gasteiger partial charge on any atom is 0.225 e. The third kappa shape index (κ3) is 6.62. The van der Waals surface area contributed by atoms with Gasteiger partial charge in [-0.1, -0.05) is 133 Å². The van der Waals surface area contributed by atoms with Gasteiger partial charge < -0.3 is 4.42 Å². The van der Waals surface area contributed by atoms with Crippen LogP contribution in [0.4, 0.5) is 0 Å². The Morgan fingerprint density at radius 2 is 0.837 bits per heavy atom. The Bertz CT molecular complexity index is 2420. The Kier molecular flexibility index (Phi) is 8.25. The van der Waals surface area contributed by atoms with Gasteiger partial charge in [0.25, 0.3) is 0 Å². The number of benzene rings is 6. The molecule has 0 saturated heterocycles. The summed E-state index contributed by atoms with van der Waals surface area (Å²) >= 11 is 0. The van der Waals surface area contributed by atoms with Gasteiger partial charge in [0.05, 0.1) is 17.7 Å². The average Bonchev–Trinajstić information content (AvgIpc) is 3.31. The van der Waals surface area contributed by atoms with Crippen molar-refractivity contribution >= 4 is 10.8 Å². The summed E-state index contributed by atoms with van der Waals surface area (Å²) in [7, 11) is 0. The van der Waals surface area contributed by atoms with Gasteiger partial charge in [-0.05, 0) is 75.5 Å². The van der Waals surface area contributed by atoms with Crippen LogP contribution in [0.25, 0.3) is 78.4 Å². The number of fused-ring (bicyclic) bond motifs is 1. The van der Waals surface area contributed by atoms with Crippen LogP contribution in [-0.2, 0) is 0 Å². The summed E-state index contributed by atoms with van der Waals surface area (Å²) in [5, 5.41) is 2.27. The topological polar surface area (TPSA) is 51.8 Å². The molecule has 0 spiro atoms. The van der Waals surface area contributed by atoms with E-state index >= 15 is 0 Å². The number of nitrogens with zero attached hydrogens (tertiary/aromatic N) is 3. The molecule has 8 rings (SSSR count). The van der Waals surface area contributed by atoms with Gasteiger partial charge in [-0.15, -0.1) is 0 Å². The second kappa shape index (κ2) is 13.6. The molecule has 2 aromatic heterocycles. The smallest absolute Gasteiger partial charge is 0.225 e. The van der Waals surface area contributed by atoms with E-state index in [4.69, 9.17) is 14.4 Å². The van der Waals surface area contributed by atoms with Crippen molar-refractivity contribution in [1.29, 1.82) is 0 Å². The third-order valence-electron chi connectivity index (χ3n) is 8.52. The van der Waals surface area contributed by atoms with E-state index in [9.17, 15) is 0 Å². The van der Waals surface area contributed by atoms with Crippen LogP contribution in [0.3, 0.4) is 0 Å². The van der Waals surface area contributed by atoms with Crippen LogP contribution in [-0.4, -0.2) is 15.0 Å². The quantitative estimate of drug-likeness (QED) is 0.184. The summed E-state index contributed by atoms with van der Waals surface area (Å²) in [5.74, 6) is 1.26. The highest BCUT2D eigenvalue weighted by atomic mass is 16.3. The highest BCUT2D eigenvalue weighted by molar-refractivity contribution is 5.91. The molecule has 4 nitrogen and oxygen atoms in total. The monoisotopic (exact) mass is 629 g/mol. The molecule has 0 N–H and O–H groups in total. The number of hydrogen-bond donors (Lipinski definition) is 0. The SMILES string of the molecule is c1ccc(-c2ccc(-c3cc(-c4ccc5cc(-c6cccoc(-c7ccccc7)ncc6)ccc5c4)nc(-c4ccccc4)n3)cc2)cc1. The molecular formula is C45H31N3O. The molecular weight excluding hydrogens is 599 g/mol. The van der Waals surface area contributed by atoms with E-state index in [0.29, 0.717) is 11.7 Å². The third-order valence-corrected chi connectivity index (χ3v) is 8.52. The highest BCUT2D eigenvalue weighted by Crippen LogP contribution is 2.32. The van der Waals surface area contributed by atoms with Crippen molar-refractivity contribution in [2.75, 3.05) is 0 Å². The highest BCUT2D eigenvalue weighted by Gasteiger charge is 2.12. The molecule has 0 atom stereocenters. The number of hydrogen-bond acceptors (Lipinski definition) is 4. The molecule has 2 heterocycles. The van der Waals surface area contributed by atoms with Crippen molar-refractivity contribution in [3.8, 4) is 67.6 Å². The Labute approximate surface area is 285 Å². The van der Waals surface area contributed by atoms with Crippen LogP contribution in [0.15, 0.2) is 193 Å². The standard InChI is InChI=1S/C45H31N3O/c1-4-11-32(12-5-1)34-18-20-35(21-19-34)42-31-43(48-44(47-42)36-13-6-2-7-14-36)41-25-24-39-29-38(22-23-40(39)30-41)33-17-10-28-49-45(46-27-26-33)37-15-8-3-9-16-37/h1-31H. The first-order valence-corrected chi connectivity index (χ1v) is 16.3. The Morgan fingerprint density at radius 1 is 0.347 bits per heavy atom. The molecule has 0 amide bonds. The molecule has 0 aliphatic carbocycles. The molecule has 4 heteroatoms. The lowest BCUT2D eigenvalue weighted by molar-refractivity contribution is 0.553. The molecule has 0 radical (unpaired) electrons. The molecule has 49 heavy (non-hydrogen) atoms. The minimum absolute atomic E-state index is 0.557. The maximum absolute atomic E-state index is 5.82. The Balaban J connectivity index is 1.15. The van der Waals surface area contributed by atoms with Crippen LogP contribution in [0, 0.1) is 0 Å². The van der Waals surface area contributed by atoms with E-state index in [1.54, 1.807) is 12.5 Å². The van der Waals surface area contributed by atoms with E-state index in [1.165, 1.54) is 11.1 Å². The zero-order valence-corrected chi connectivity index (χ0v) is 26.6. The van der Waals surface area contributed by atoms with Gasteiger partial charge in [0.15, 0.2) is 5.82 Å². The first-order valence-electron chi connectivity index (χ1n) is 16.3. The molecule has 232 valence electrons. The van der Waals surface area contributed by atoms with Gasteiger partial charge in [-0.25, -0.2) is 15.0 Å². The number of rotatable bonds is 6. The van der Waals surface area contributed by atoms with Crippen molar-refractivity contribution in [3.63, 3.8) is 0 Å². The van der Waals surface area contributed by atoms with E-state index in [0.717, 1.165) is 55.5 Å².